The van der Waals surface area contributed by atoms with Gasteiger partial charge in [0.1, 0.15) is 12.4 Å². The highest BCUT2D eigenvalue weighted by atomic mass is 127. The molecule has 7 heteroatoms. The largest absolute Gasteiger partial charge is 0.396 e. The maximum atomic E-state index is 13.1. The Morgan fingerprint density at radius 2 is 1.96 bits per heavy atom. The summed E-state index contributed by atoms with van der Waals surface area (Å²) >= 11 is 2.31. The summed E-state index contributed by atoms with van der Waals surface area (Å²) in [6.45, 7) is 6.01. The van der Waals surface area contributed by atoms with Crippen LogP contribution in [0.2, 0.25) is 0 Å². The molecule has 1 atom stereocenters. The van der Waals surface area contributed by atoms with Gasteiger partial charge in [0.25, 0.3) is 5.91 Å². The molecule has 2 rings (SSSR count). The van der Waals surface area contributed by atoms with Crippen LogP contribution in [0, 0.1) is 22.2 Å². The third-order valence-electron chi connectivity index (χ3n) is 3.46. The molecule has 0 aromatic heterocycles. The number of nitrogen functional groups attached to an aromatic ring is 1. The number of hydrogen-bond donors (Lipinski definition) is 3. The van der Waals surface area contributed by atoms with Gasteiger partial charge in [0.2, 0.25) is 0 Å². The zero-order valence-corrected chi connectivity index (χ0v) is 17.9. The number of anilines is 1. The second kappa shape index (κ2) is 11.9. The molecule has 0 saturated heterocycles. The van der Waals surface area contributed by atoms with E-state index >= 15 is 0 Å². The van der Waals surface area contributed by atoms with Crippen LogP contribution in [0.15, 0.2) is 42.5 Å². The van der Waals surface area contributed by atoms with E-state index in [4.69, 9.17) is 10.6 Å². The molecular weight excluding hydrogens is 462 g/mol. The fourth-order valence-corrected chi connectivity index (χ4v) is 2.91. The molecule has 2 aromatic carbocycles. The molecule has 0 bridgehead atoms. The Kier molecular flexibility index (Phi) is 10.3. The van der Waals surface area contributed by atoms with Crippen LogP contribution in [0.5, 0.6) is 0 Å². The van der Waals surface area contributed by atoms with Crippen LogP contribution in [0.1, 0.15) is 36.2 Å². The van der Waals surface area contributed by atoms with Crippen LogP contribution in [-0.4, -0.2) is 23.7 Å². The van der Waals surface area contributed by atoms with Gasteiger partial charge in [-0.15, -0.1) is 0 Å². The number of carbonyl (C=O) groups is 1. The van der Waals surface area contributed by atoms with Crippen LogP contribution in [0.3, 0.4) is 0 Å². The number of para-hydroxylation sites is 1. The van der Waals surface area contributed by atoms with Gasteiger partial charge in [0.15, 0.2) is 0 Å². The van der Waals surface area contributed by atoms with Gasteiger partial charge >= 0.3 is 0 Å². The van der Waals surface area contributed by atoms with E-state index in [1.54, 1.807) is 0 Å². The lowest BCUT2D eigenvalue weighted by molar-refractivity contribution is -0.0181. The van der Waals surface area contributed by atoms with E-state index in [0.717, 1.165) is 0 Å². The van der Waals surface area contributed by atoms with Gasteiger partial charge in [-0.1, -0.05) is 37.6 Å². The fourth-order valence-electron chi connectivity index (χ4n) is 2.21. The molecule has 148 valence electrons. The third kappa shape index (κ3) is 9.16. The molecule has 1 amide bonds. The Morgan fingerprint density at radius 3 is 2.52 bits per heavy atom. The Hall–Kier alpha value is -1.71. The van der Waals surface area contributed by atoms with Crippen molar-refractivity contribution >= 4 is 34.2 Å². The molecule has 0 fully saturated rings. The van der Waals surface area contributed by atoms with Crippen molar-refractivity contribution in [2.75, 3.05) is 12.3 Å². The molecule has 0 heterocycles. The summed E-state index contributed by atoms with van der Waals surface area (Å²) in [5.74, 6) is -0.977. The van der Waals surface area contributed by atoms with Crippen molar-refractivity contribution in [3.05, 3.63) is 63.0 Å². The number of amides is 1. The first-order valence-electron chi connectivity index (χ1n) is 8.57. The first-order chi connectivity index (χ1) is 12.7. The van der Waals surface area contributed by atoms with Crippen molar-refractivity contribution in [3.63, 3.8) is 0 Å². The average molecular weight is 488 g/mol. The maximum absolute atomic E-state index is 13.1. The third-order valence-corrected chi connectivity index (χ3v) is 4.13. The van der Waals surface area contributed by atoms with Gasteiger partial charge in [-0.2, -0.15) is 0 Å². The SMILES string of the molecule is CC(C)CC(O)CONC(=O)c1cccc(F)c1N.Cc1cccc(I)c1. The maximum Gasteiger partial charge on any atom is 0.277 e. The van der Waals surface area contributed by atoms with E-state index in [2.05, 4.69) is 59.3 Å². The molecule has 27 heavy (non-hydrogen) atoms. The van der Waals surface area contributed by atoms with Crippen LogP contribution >= 0.6 is 22.6 Å². The van der Waals surface area contributed by atoms with Crippen LogP contribution in [0.25, 0.3) is 0 Å². The minimum absolute atomic E-state index is 0.00153. The summed E-state index contributed by atoms with van der Waals surface area (Å²) in [6, 6.07) is 12.3. The van der Waals surface area contributed by atoms with Gasteiger partial charge in [-0.25, -0.2) is 9.87 Å². The normalized spacial score (nSPS) is 11.5. The van der Waals surface area contributed by atoms with Gasteiger partial charge in [0.05, 0.1) is 17.4 Å². The Balaban J connectivity index is 0.000000377. The number of hydroxylamine groups is 1. The molecule has 4 N–H and O–H groups in total. The van der Waals surface area contributed by atoms with Crippen LogP contribution < -0.4 is 11.2 Å². The molecule has 0 aliphatic heterocycles. The molecule has 1 unspecified atom stereocenters. The monoisotopic (exact) mass is 488 g/mol. The van der Waals surface area contributed by atoms with Crippen molar-refractivity contribution in [2.45, 2.75) is 33.3 Å². The van der Waals surface area contributed by atoms with E-state index in [9.17, 15) is 14.3 Å². The van der Waals surface area contributed by atoms with Crippen LogP contribution in [-0.2, 0) is 4.84 Å². The summed E-state index contributed by atoms with van der Waals surface area (Å²) < 4.78 is 14.5. The minimum Gasteiger partial charge on any atom is -0.396 e. The van der Waals surface area contributed by atoms with Crippen molar-refractivity contribution in [2.24, 2.45) is 5.92 Å². The van der Waals surface area contributed by atoms with Crippen molar-refractivity contribution < 1.29 is 19.1 Å². The number of aryl methyl sites for hydroxylation is 1. The molecule has 0 spiro atoms. The average Bonchev–Trinajstić information content (AvgIpc) is 2.57. The van der Waals surface area contributed by atoms with Crippen molar-refractivity contribution in [1.29, 1.82) is 0 Å². The lowest BCUT2D eigenvalue weighted by Crippen LogP contribution is -2.29. The van der Waals surface area contributed by atoms with Crippen molar-refractivity contribution in [1.82, 2.24) is 5.48 Å². The molecule has 2 aromatic rings. The number of halogens is 2. The minimum atomic E-state index is -0.662. The Bertz CT molecular complexity index is 724. The number of nitrogens with two attached hydrogens (primary N) is 1. The quantitative estimate of drug-likeness (QED) is 0.325. The molecule has 0 aliphatic rings. The van der Waals surface area contributed by atoms with Gasteiger partial charge in [-0.05, 0) is 66.1 Å². The first-order valence-corrected chi connectivity index (χ1v) is 9.65. The second-order valence-electron chi connectivity index (χ2n) is 6.53. The lowest BCUT2D eigenvalue weighted by atomic mass is 10.1. The number of aliphatic hydroxyl groups is 1. The zero-order valence-electron chi connectivity index (χ0n) is 15.7. The smallest absolute Gasteiger partial charge is 0.277 e. The highest BCUT2D eigenvalue weighted by molar-refractivity contribution is 14.1. The lowest BCUT2D eigenvalue weighted by Gasteiger charge is -2.13. The highest BCUT2D eigenvalue weighted by Crippen LogP contribution is 2.15. The molecule has 0 saturated carbocycles. The van der Waals surface area contributed by atoms with E-state index < -0.39 is 17.8 Å². The van der Waals surface area contributed by atoms with E-state index in [1.165, 1.54) is 27.3 Å². The first kappa shape index (κ1) is 23.3. The molecule has 5 nitrogen and oxygen atoms in total. The Morgan fingerprint density at radius 1 is 1.30 bits per heavy atom. The second-order valence-corrected chi connectivity index (χ2v) is 7.77. The molecular formula is C20H26FIN2O3. The van der Waals surface area contributed by atoms with Gasteiger partial charge < -0.3 is 10.8 Å². The molecule has 0 aliphatic carbocycles. The van der Waals surface area contributed by atoms with E-state index in [1.807, 2.05) is 13.8 Å². The summed E-state index contributed by atoms with van der Waals surface area (Å²) in [5.41, 5.74) is 8.66. The highest BCUT2D eigenvalue weighted by Gasteiger charge is 2.13. The summed E-state index contributed by atoms with van der Waals surface area (Å²) in [6.07, 6.45) is -0.0945. The number of hydrogen-bond acceptors (Lipinski definition) is 4. The number of aliphatic hydroxyl groups excluding tert-OH is 1. The number of nitrogens with one attached hydrogen (secondary N) is 1. The summed E-state index contributed by atoms with van der Waals surface area (Å²) in [4.78, 5) is 16.5. The number of benzene rings is 2. The zero-order chi connectivity index (χ0) is 20.4. The number of carbonyl (C=O) groups excluding carboxylic acids is 1. The van der Waals surface area contributed by atoms with Crippen LogP contribution in [0.4, 0.5) is 10.1 Å². The fraction of sp³-hybridized carbons (Fsp3) is 0.350. The predicted octanol–water partition coefficient (Wildman–Crippen LogP) is 4.08. The predicted molar refractivity (Wildman–Crippen MR) is 114 cm³/mol. The topological polar surface area (TPSA) is 84.6 Å². The van der Waals surface area contributed by atoms with Gasteiger partial charge in [0, 0.05) is 3.57 Å². The summed E-state index contributed by atoms with van der Waals surface area (Å²) in [5, 5.41) is 9.54. The van der Waals surface area contributed by atoms with Gasteiger partial charge in [-0.3, -0.25) is 9.63 Å². The van der Waals surface area contributed by atoms with Crippen molar-refractivity contribution in [3.8, 4) is 0 Å². The van der Waals surface area contributed by atoms with E-state index in [-0.39, 0.29) is 17.9 Å². The molecule has 0 radical (unpaired) electrons. The standard InChI is InChI=1S/C13H19FN2O3.C7H7I/c1-8(2)6-9(17)7-19-16-13(18)10-4-3-5-11(14)12(10)15;1-6-3-2-4-7(8)5-6/h3-5,8-9,17H,6-7,15H2,1-2H3,(H,16,18);2-5H,1H3. The Labute approximate surface area is 173 Å². The number of rotatable bonds is 6. The summed E-state index contributed by atoms with van der Waals surface area (Å²) in [7, 11) is 0. The van der Waals surface area contributed by atoms with E-state index in [0.29, 0.717) is 12.3 Å².